The Hall–Kier alpha value is -0.790. The molecule has 6 nitrogen and oxygen atoms in total. The van der Waals surface area contributed by atoms with Gasteiger partial charge in [0.05, 0.1) is 5.37 Å². The van der Waals surface area contributed by atoms with Crippen LogP contribution in [0.15, 0.2) is 0 Å². The van der Waals surface area contributed by atoms with Crippen molar-refractivity contribution in [3.8, 4) is 0 Å². The molecule has 18 heavy (non-hydrogen) atoms. The fourth-order valence-electron chi connectivity index (χ4n) is 2.64. The van der Waals surface area contributed by atoms with E-state index in [2.05, 4.69) is 0 Å². The van der Waals surface area contributed by atoms with Crippen molar-refractivity contribution in [3.05, 3.63) is 0 Å². The Labute approximate surface area is 110 Å². The maximum Gasteiger partial charge on any atom is 0.327 e. The van der Waals surface area contributed by atoms with Gasteiger partial charge in [-0.2, -0.15) is 0 Å². The second-order valence-corrected chi connectivity index (χ2v) is 6.81. The van der Waals surface area contributed by atoms with Gasteiger partial charge in [0.25, 0.3) is 0 Å². The summed E-state index contributed by atoms with van der Waals surface area (Å²) >= 11 is 1.48. The molecular weight excluding hydrogens is 256 g/mol. The second kappa shape index (κ2) is 4.40. The molecule has 7 heteroatoms. The molecule has 2 aliphatic heterocycles. The van der Waals surface area contributed by atoms with Crippen molar-refractivity contribution in [2.75, 3.05) is 6.61 Å². The van der Waals surface area contributed by atoms with Crippen LogP contribution >= 0.6 is 11.8 Å². The van der Waals surface area contributed by atoms with Crippen LogP contribution in [-0.2, 0) is 14.3 Å². The van der Waals surface area contributed by atoms with Gasteiger partial charge >= 0.3 is 5.97 Å². The van der Waals surface area contributed by atoms with E-state index in [1.54, 1.807) is 0 Å². The molecule has 2 aliphatic rings. The van der Waals surface area contributed by atoms with Crippen molar-refractivity contribution >= 4 is 23.6 Å². The largest absolute Gasteiger partial charge is 0.480 e. The molecule has 1 amide bonds. The van der Waals surface area contributed by atoms with Crippen molar-refractivity contribution in [3.63, 3.8) is 0 Å². The van der Waals surface area contributed by atoms with Crippen molar-refractivity contribution in [1.29, 1.82) is 0 Å². The minimum Gasteiger partial charge on any atom is -0.480 e. The van der Waals surface area contributed by atoms with Crippen molar-refractivity contribution in [1.82, 2.24) is 4.90 Å². The molecule has 0 bridgehead atoms. The van der Waals surface area contributed by atoms with E-state index in [1.807, 2.05) is 20.8 Å². The molecule has 1 unspecified atom stereocenters. The number of nitrogens with zero attached hydrogens (tertiary/aromatic N) is 1. The number of carboxylic acids is 1. The number of ether oxygens (including phenoxy) is 1. The first-order valence-corrected chi connectivity index (χ1v) is 6.79. The van der Waals surface area contributed by atoms with Crippen molar-refractivity contribution in [2.24, 2.45) is 11.7 Å². The quantitative estimate of drug-likeness (QED) is 0.557. The van der Waals surface area contributed by atoms with E-state index in [9.17, 15) is 14.7 Å². The second-order valence-electron chi connectivity index (χ2n) is 5.04. The van der Waals surface area contributed by atoms with Crippen LogP contribution in [0.3, 0.4) is 0 Å². The highest BCUT2D eigenvalue weighted by Crippen LogP contribution is 2.53. The number of aliphatic carboxylic acids is 1. The summed E-state index contributed by atoms with van der Waals surface area (Å²) in [6, 6.07) is -0.787. The standard InChI is InChI=1S/C11H18N2O4S/c1-4-17-7(12)5-8(14)13-6(10(15)16)11(2,3)18-9(5)13/h5-7,9H,4,12H2,1-3H3,(H,15,16)/t5-,6+,7?,9-/m1/s1. The number of carbonyl (C=O) groups is 2. The van der Waals surface area contributed by atoms with Crippen LogP contribution in [0.25, 0.3) is 0 Å². The third kappa shape index (κ3) is 1.81. The van der Waals surface area contributed by atoms with Crippen molar-refractivity contribution < 1.29 is 19.4 Å². The number of fused-ring (bicyclic) bond motifs is 1. The molecule has 0 saturated carbocycles. The zero-order chi connectivity index (χ0) is 13.7. The molecule has 2 heterocycles. The highest BCUT2D eigenvalue weighted by Gasteiger charge is 2.65. The Bertz CT molecular complexity index is 387. The average Bonchev–Trinajstić information content (AvgIpc) is 2.47. The molecule has 0 radical (unpaired) electrons. The average molecular weight is 274 g/mol. The number of amides is 1. The minimum atomic E-state index is -0.966. The first-order valence-electron chi connectivity index (χ1n) is 5.91. The summed E-state index contributed by atoms with van der Waals surface area (Å²) in [5, 5.41) is 9.06. The topological polar surface area (TPSA) is 92.9 Å². The number of hydrogen-bond donors (Lipinski definition) is 2. The summed E-state index contributed by atoms with van der Waals surface area (Å²) in [6.07, 6.45) is -0.653. The van der Waals surface area contributed by atoms with Crippen LogP contribution in [-0.4, -0.2) is 50.9 Å². The molecule has 4 atom stereocenters. The van der Waals surface area contributed by atoms with Crippen LogP contribution in [0, 0.1) is 5.92 Å². The lowest BCUT2D eigenvalue weighted by molar-refractivity contribution is -0.170. The summed E-state index contributed by atoms with van der Waals surface area (Å²) in [6.45, 7) is 5.93. The Kier molecular flexibility index (Phi) is 3.33. The SMILES string of the molecule is CCOC(N)[C@@H]1C(=O)N2[C@@H]1SC(C)(C)[C@@H]2C(=O)O. The lowest BCUT2D eigenvalue weighted by atomic mass is 9.90. The Morgan fingerprint density at radius 3 is 2.78 bits per heavy atom. The van der Waals surface area contributed by atoms with Crippen LogP contribution in [0.2, 0.25) is 0 Å². The van der Waals surface area contributed by atoms with Crippen LogP contribution < -0.4 is 5.73 Å². The Balaban J connectivity index is 2.19. The zero-order valence-corrected chi connectivity index (χ0v) is 11.4. The number of carboxylic acid groups (broad SMARTS) is 1. The lowest BCUT2D eigenvalue weighted by Gasteiger charge is -2.45. The van der Waals surface area contributed by atoms with Gasteiger partial charge in [-0.1, -0.05) is 0 Å². The normalized spacial score (nSPS) is 35.0. The van der Waals surface area contributed by atoms with Crippen molar-refractivity contribution in [2.45, 2.75) is 43.2 Å². The Morgan fingerprint density at radius 1 is 1.67 bits per heavy atom. The number of nitrogens with two attached hydrogens (primary N) is 1. The van der Waals surface area contributed by atoms with Crippen LogP contribution in [0.4, 0.5) is 0 Å². The third-order valence-corrected chi connectivity index (χ3v) is 5.02. The Morgan fingerprint density at radius 2 is 2.28 bits per heavy atom. The number of rotatable bonds is 4. The molecule has 2 rings (SSSR count). The minimum absolute atomic E-state index is 0.185. The molecule has 102 valence electrons. The summed E-state index contributed by atoms with van der Waals surface area (Å²) in [5.41, 5.74) is 5.82. The molecule has 0 aromatic heterocycles. The molecule has 3 N–H and O–H groups in total. The van der Waals surface area contributed by atoms with E-state index >= 15 is 0 Å². The zero-order valence-electron chi connectivity index (χ0n) is 10.6. The van der Waals surface area contributed by atoms with Gasteiger partial charge in [0.15, 0.2) is 0 Å². The van der Waals surface area contributed by atoms with E-state index < -0.39 is 28.9 Å². The lowest BCUT2D eigenvalue weighted by Crippen LogP contribution is -2.67. The molecule has 0 aliphatic carbocycles. The number of thioether (sulfide) groups is 1. The summed E-state index contributed by atoms with van der Waals surface area (Å²) in [4.78, 5) is 24.8. The van der Waals surface area contributed by atoms with Crippen LogP contribution in [0.1, 0.15) is 20.8 Å². The van der Waals surface area contributed by atoms with Gasteiger partial charge in [-0.3, -0.25) is 4.79 Å². The number of hydrogen-bond acceptors (Lipinski definition) is 5. The molecule has 0 spiro atoms. The monoisotopic (exact) mass is 274 g/mol. The van der Waals surface area contributed by atoms with Gasteiger partial charge in [-0.05, 0) is 20.8 Å². The predicted octanol–water partition coefficient (Wildman–Crippen LogP) is 0.0708. The van der Waals surface area contributed by atoms with Crippen LogP contribution in [0.5, 0.6) is 0 Å². The van der Waals surface area contributed by atoms with E-state index in [0.717, 1.165) is 0 Å². The van der Waals surface area contributed by atoms with E-state index in [4.69, 9.17) is 10.5 Å². The first kappa shape index (κ1) is 13.6. The van der Waals surface area contributed by atoms with Gasteiger partial charge < -0.3 is 20.5 Å². The number of carbonyl (C=O) groups excluding carboxylic acids is 1. The fourth-order valence-corrected chi connectivity index (χ4v) is 4.36. The van der Waals surface area contributed by atoms with E-state index in [-0.39, 0.29) is 11.3 Å². The van der Waals surface area contributed by atoms with E-state index in [1.165, 1.54) is 16.7 Å². The summed E-state index contributed by atoms with van der Waals surface area (Å²) < 4.78 is 4.75. The van der Waals surface area contributed by atoms with E-state index in [0.29, 0.717) is 6.61 Å². The maximum atomic E-state index is 12.1. The molecule has 0 aromatic rings. The highest BCUT2D eigenvalue weighted by molar-refractivity contribution is 8.01. The molecule has 2 fully saturated rings. The van der Waals surface area contributed by atoms with Gasteiger partial charge in [0, 0.05) is 11.4 Å². The molecular formula is C11H18N2O4S. The van der Waals surface area contributed by atoms with Gasteiger partial charge in [-0.15, -0.1) is 11.8 Å². The van der Waals surface area contributed by atoms with Gasteiger partial charge in [0.1, 0.15) is 18.2 Å². The maximum absolute atomic E-state index is 12.1. The molecule has 2 saturated heterocycles. The third-order valence-electron chi connectivity index (χ3n) is 3.43. The fraction of sp³-hybridized carbons (Fsp3) is 0.818. The summed E-state index contributed by atoms with van der Waals surface area (Å²) in [5.74, 6) is -1.61. The highest BCUT2D eigenvalue weighted by atomic mass is 32.2. The number of β-lactam (4-membered cyclic amide) rings is 1. The summed E-state index contributed by atoms with van der Waals surface area (Å²) in [7, 11) is 0. The van der Waals surface area contributed by atoms with Gasteiger partial charge in [-0.25, -0.2) is 4.79 Å². The first-order chi connectivity index (χ1) is 8.31. The molecule has 0 aromatic carbocycles. The van der Waals surface area contributed by atoms with Gasteiger partial charge in [0.2, 0.25) is 5.91 Å². The predicted molar refractivity (Wildman–Crippen MR) is 66.8 cm³/mol. The smallest absolute Gasteiger partial charge is 0.327 e.